The molecule has 9 aromatic carbocycles. The molecule has 0 unspecified atom stereocenters. The van der Waals surface area contributed by atoms with Gasteiger partial charge in [0, 0.05) is 0 Å². The zero-order chi connectivity index (χ0) is 29.0. The summed E-state index contributed by atoms with van der Waals surface area (Å²) in [6.45, 7) is 0. The maximum absolute atomic E-state index is 4.10. The maximum atomic E-state index is 4.10. The lowest BCUT2D eigenvalue weighted by molar-refractivity contribution is 1.63. The van der Waals surface area contributed by atoms with E-state index in [-0.39, 0.29) is 0 Å². The molecule has 0 aliphatic carbocycles. The minimum atomic E-state index is 1.13. The van der Waals surface area contributed by atoms with E-state index in [1.807, 2.05) is 0 Å². The first kappa shape index (κ1) is 24.8. The normalized spacial score (nSPS) is 11.6. The van der Waals surface area contributed by atoms with Crippen molar-refractivity contribution in [3.8, 4) is 33.4 Å². The van der Waals surface area contributed by atoms with E-state index in [9.17, 15) is 0 Å². The van der Waals surface area contributed by atoms with Gasteiger partial charge < -0.3 is 0 Å². The van der Waals surface area contributed by atoms with E-state index in [1.54, 1.807) is 0 Å². The highest BCUT2D eigenvalue weighted by Crippen LogP contribution is 2.47. The second kappa shape index (κ2) is 9.93. The van der Waals surface area contributed by atoms with Gasteiger partial charge in [0.25, 0.3) is 0 Å². The molecule has 0 N–H and O–H groups in total. The maximum Gasteiger partial charge on any atom is -0.0000707 e. The summed E-state index contributed by atoms with van der Waals surface area (Å²) < 4.78 is 0. The monoisotopic (exact) mass is 555 g/mol. The lowest BCUT2D eigenvalue weighted by Gasteiger charge is -2.21. The molecule has 0 atom stereocenters. The van der Waals surface area contributed by atoms with Gasteiger partial charge in [-0.05, 0) is 99.4 Å². The minimum Gasteiger partial charge on any atom is -0.0616 e. The van der Waals surface area contributed by atoms with Crippen molar-refractivity contribution in [2.75, 3.05) is 0 Å². The van der Waals surface area contributed by atoms with Crippen LogP contribution in [-0.2, 0) is 0 Å². The molecule has 0 spiro atoms. The van der Waals surface area contributed by atoms with Crippen molar-refractivity contribution in [2.45, 2.75) is 0 Å². The Hall–Kier alpha value is -5.72. The summed E-state index contributed by atoms with van der Waals surface area (Å²) in [7, 11) is 0. The fourth-order valence-electron chi connectivity index (χ4n) is 7.15. The van der Waals surface area contributed by atoms with Gasteiger partial charge in [-0.15, -0.1) is 0 Å². The second-order valence-corrected chi connectivity index (χ2v) is 11.5. The van der Waals surface area contributed by atoms with Gasteiger partial charge in [-0.1, -0.05) is 158 Å². The SMILES string of the molecule is [c]1c(-c2cccc3ccccc23)c(-c2cccc3ccccc23)c2ccccc2c1-c1cc2ccccc2c2ccccc12. The molecule has 9 aromatic rings. The summed E-state index contributed by atoms with van der Waals surface area (Å²) in [5.41, 5.74) is 7.12. The van der Waals surface area contributed by atoms with Crippen LogP contribution in [0.25, 0.3) is 87.2 Å². The highest BCUT2D eigenvalue weighted by atomic mass is 14.2. The summed E-state index contributed by atoms with van der Waals surface area (Å²) in [4.78, 5) is 0. The number of benzene rings is 9. The first-order valence-electron chi connectivity index (χ1n) is 15.2. The van der Waals surface area contributed by atoms with Crippen molar-refractivity contribution >= 4 is 53.9 Å². The Kier molecular flexibility index (Phi) is 5.61. The van der Waals surface area contributed by atoms with Crippen LogP contribution < -0.4 is 0 Å². The van der Waals surface area contributed by atoms with Crippen molar-refractivity contribution in [2.24, 2.45) is 0 Å². The van der Waals surface area contributed by atoms with Gasteiger partial charge in [-0.2, -0.15) is 0 Å². The van der Waals surface area contributed by atoms with E-state index < -0.39 is 0 Å². The number of hydrogen-bond donors (Lipinski definition) is 0. The molecule has 0 aliphatic heterocycles. The van der Waals surface area contributed by atoms with E-state index in [2.05, 4.69) is 170 Å². The third-order valence-electron chi connectivity index (χ3n) is 9.12. The molecule has 203 valence electrons. The smallest absolute Gasteiger partial charge is 0.0000707 e. The average molecular weight is 556 g/mol. The zero-order valence-electron chi connectivity index (χ0n) is 24.1. The van der Waals surface area contributed by atoms with Gasteiger partial charge in [0.15, 0.2) is 0 Å². The van der Waals surface area contributed by atoms with Gasteiger partial charge in [0.2, 0.25) is 0 Å². The Labute approximate surface area is 256 Å². The van der Waals surface area contributed by atoms with Crippen LogP contribution >= 0.6 is 0 Å². The molecule has 0 amide bonds. The Morgan fingerprint density at radius 1 is 0.273 bits per heavy atom. The van der Waals surface area contributed by atoms with Crippen molar-refractivity contribution in [3.63, 3.8) is 0 Å². The Morgan fingerprint density at radius 2 is 0.750 bits per heavy atom. The molecule has 0 heterocycles. The third kappa shape index (κ3) is 3.78. The molecule has 9 rings (SSSR count). The summed E-state index contributed by atoms with van der Waals surface area (Å²) in [6, 6.07) is 63.6. The topological polar surface area (TPSA) is 0 Å². The standard InChI is InChI=1S/C44H27/c1-4-18-32-29(13-1)16-11-25-36(32)43-28-42(41-27-31-15-3-6-20-34(31)35-21-7-8-22-37(35)41)38-23-9-10-24-40(38)44(43)39-26-12-17-30-14-2-5-19-33(30)39/h1-27H. The van der Waals surface area contributed by atoms with Gasteiger partial charge in [0.05, 0.1) is 0 Å². The van der Waals surface area contributed by atoms with Crippen molar-refractivity contribution < 1.29 is 0 Å². The first-order valence-corrected chi connectivity index (χ1v) is 15.2. The molecule has 0 heteroatoms. The fraction of sp³-hybridized carbons (Fsp3) is 0. The molecule has 0 aliphatic rings. The number of hydrogen-bond acceptors (Lipinski definition) is 0. The van der Waals surface area contributed by atoms with Crippen LogP contribution in [0.5, 0.6) is 0 Å². The van der Waals surface area contributed by atoms with Crippen molar-refractivity contribution in [1.82, 2.24) is 0 Å². The fourth-order valence-corrected chi connectivity index (χ4v) is 7.15. The predicted octanol–water partition coefficient (Wildman–Crippen LogP) is 12.3. The van der Waals surface area contributed by atoms with E-state index in [4.69, 9.17) is 0 Å². The lowest BCUT2D eigenvalue weighted by Crippen LogP contribution is -1.94. The Bertz CT molecular complexity index is 2540. The zero-order valence-corrected chi connectivity index (χ0v) is 24.1. The molecular formula is C44H27. The summed E-state index contributed by atoms with van der Waals surface area (Å²) in [5.74, 6) is 0. The first-order chi connectivity index (χ1) is 21.8. The van der Waals surface area contributed by atoms with Crippen LogP contribution in [-0.4, -0.2) is 0 Å². The van der Waals surface area contributed by atoms with Crippen molar-refractivity contribution in [3.05, 3.63) is 170 Å². The number of rotatable bonds is 3. The quantitative estimate of drug-likeness (QED) is 0.190. The van der Waals surface area contributed by atoms with E-state index >= 15 is 0 Å². The highest BCUT2D eigenvalue weighted by Gasteiger charge is 2.21. The predicted molar refractivity (Wildman–Crippen MR) is 189 cm³/mol. The van der Waals surface area contributed by atoms with Gasteiger partial charge >= 0.3 is 0 Å². The van der Waals surface area contributed by atoms with Crippen molar-refractivity contribution in [1.29, 1.82) is 0 Å². The summed E-state index contributed by atoms with van der Waals surface area (Å²) in [5, 5.41) is 12.4. The lowest BCUT2D eigenvalue weighted by atomic mass is 9.82. The number of fused-ring (bicyclic) bond motifs is 6. The van der Waals surface area contributed by atoms with Gasteiger partial charge in [0.1, 0.15) is 0 Å². The van der Waals surface area contributed by atoms with E-state index in [0.29, 0.717) is 0 Å². The molecule has 0 saturated carbocycles. The van der Waals surface area contributed by atoms with Crippen LogP contribution in [0.15, 0.2) is 164 Å². The Morgan fingerprint density at radius 3 is 1.45 bits per heavy atom. The summed E-state index contributed by atoms with van der Waals surface area (Å²) in [6.07, 6.45) is 0. The molecule has 0 saturated heterocycles. The summed E-state index contributed by atoms with van der Waals surface area (Å²) >= 11 is 0. The van der Waals surface area contributed by atoms with Gasteiger partial charge in [-0.25, -0.2) is 0 Å². The van der Waals surface area contributed by atoms with Crippen LogP contribution in [0, 0.1) is 6.07 Å². The van der Waals surface area contributed by atoms with Crippen LogP contribution in [0.1, 0.15) is 0 Å². The average Bonchev–Trinajstić information content (AvgIpc) is 3.10. The molecule has 0 nitrogen and oxygen atoms in total. The van der Waals surface area contributed by atoms with E-state index in [1.165, 1.54) is 76.1 Å². The van der Waals surface area contributed by atoms with Crippen LogP contribution in [0.3, 0.4) is 0 Å². The minimum absolute atomic E-state index is 1.13. The third-order valence-corrected chi connectivity index (χ3v) is 9.12. The molecular weight excluding hydrogens is 528 g/mol. The Balaban J connectivity index is 1.49. The molecule has 1 radical (unpaired) electrons. The van der Waals surface area contributed by atoms with Crippen LogP contribution in [0.2, 0.25) is 0 Å². The van der Waals surface area contributed by atoms with E-state index in [0.717, 1.165) is 11.1 Å². The largest absolute Gasteiger partial charge is 0.0616 e. The molecule has 0 bridgehead atoms. The van der Waals surface area contributed by atoms with Gasteiger partial charge in [-0.3, -0.25) is 0 Å². The molecule has 0 aromatic heterocycles. The highest BCUT2D eigenvalue weighted by molar-refractivity contribution is 6.20. The van der Waals surface area contributed by atoms with Crippen LogP contribution in [0.4, 0.5) is 0 Å². The molecule has 0 fully saturated rings. The molecule has 44 heavy (non-hydrogen) atoms. The second-order valence-electron chi connectivity index (χ2n) is 11.5.